The van der Waals surface area contributed by atoms with E-state index in [0.29, 0.717) is 12.5 Å². The first kappa shape index (κ1) is 13.0. The van der Waals surface area contributed by atoms with Gasteiger partial charge in [-0.05, 0) is 32.4 Å². The molecule has 1 fully saturated rings. The van der Waals surface area contributed by atoms with E-state index >= 15 is 0 Å². The Labute approximate surface area is 127 Å². The molecule has 1 aliphatic heterocycles. The molecule has 0 radical (unpaired) electrons. The minimum absolute atomic E-state index is 0.179. The maximum Gasteiger partial charge on any atom is 0.226 e. The zero-order valence-electron chi connectivity index (χ0n) is 12.2. The average molecular weight is 302 g/mol. The van der Waals surface area contributed by atoms with Crippen LogP contribution in [0.5, 0.6) is 0 Å². The van der Waals surface area contributed by atoms with Crippen LogP contribution in [0.2, 0.25) is 0 Å². The van der Waals surface area contributed by atoms with Crippen LogP contribution >= 0.6 is 11.3 Å². The fraction of sp³-hybridized carbons (Fsp3) is 0.533. The van der Waals surface area contributed by atoms with Crippen molar-refractivity contribution < 1.29 is 4.79 Å². The van der Waals surface area contributed by atoms with E-state index in [-0.39, 0.29) is 11.8 Å². The normalized spacial score (nSPS) is 24.0. The summed E-state index contributed by atoms with van der Waals surface area (Å²) in [6, 6.07) is 4.32. The summed E-state index contributed by atoms with van der Waals surface area (Å²) < 4.78 is 2.11. The van der Waals surface area contributed by atoms with Crippen LogP contribution in [-0.2, 0) is 17.9 Å². The van der Waals surface area contributed by atoms with Gasteiger partial charge in [0.1, 0.15) is 5.82 Å². The zero-order chi connectivity index (χ0) is 14.6. The third-order valence-electron chi connectivity index (χ3n) is 4.48. The van der Waals surface area contributed by atoms with Gasteiger partial charge in [-0.15, -0.1) is 21.5 Å². The number of rotatable bonds is 2. The van der Waals surface area contributed by atoms with E-state index in [2.05, 4.69) is 33.8 Å². The van der Waals surface area contributed by atoms with Crippen molar-refractivity contribution in [2.75, 3.05) is 6.54 Å². The van der Waals surface area contributed by atoms with E-state index in [1.165, 1.54) is 9.75 Å². The first-order chi connectivity index (χ1) is 10.1. The highest BCUT2D eigenvalue weighted by Gasteiger charge is 2.47. The first-order valence-corrected chi connectivity index (χ1v) is 8.19. The molecule has 0 aromatic carbocycles. The van der Waals surface area contributed by atoms with Crippen LogP contribution in [0, 0.1) is 19.8 Å². The summed E-state index contributed by atoms with van der Waals surface area (Å²) in [6.45, 7) is 6.27. The van der Waals surface area contributed by atoms with Crippen molar-refractivity contribution in [1.82, 2.24) is 19.7 Å². The highest BCUT2D eigenvalue weighted by molar-refractivity contribution is 7.12. The van der Waals surface area contributed by atoms with Crippen LogP contribution in [0.3, 0.4) is 0 Å². The van der Waals surface area contributed by atoms with Gasteiger partial charge < -0.3 is 9.47 Å². The molecular formula is C15H18N4OS. The number of carbonyl (C=O) groups is 1. The molecule has 2 aliphatic rings. The highest BCUT2D eigenvalue weighted by Crippen LogP contribution is 2.50. The Hall–Kier alpha value is -1.69. The molecule has 0 saturated heterocycles. The number of hydrogen-bond donors (Lipinski definition) is 0. The number of aryl methyl sites for hydroxylation is 2. The van der Waals surface area contributed by atoms with Crippen LogP contribution in [0.15, 0.2) is 12.1 Å². The van der Waals surface area contributed by atoms with Gasteiger partial charge in [0, 0.05) is 34.7 Å². The Morgan fingerprint density at radius 3 is 2.90 bits per heavy atom. The summed E-state index contributed by atoms with van der Waals surface area (Å²) in [6.07, 6.45) is 1.00. The summed E-state index contributed by atoms with van der Waals surface area (Å²) in [4.78, 5) is 17.3. The van der Waals surface area contributed by atoms with Crippen molar-refractivity contribution in [2.45, 2.75) is 39.3 Å². The van der Waals surface area contributed by atoms with Gasteiger partial charge in [-0.3, -0.25) is 4.79 Å². The number of amides is 1. The fourth-order valence-electron chi connectivity index (χ4n) is 3.16. The predicted molar refractivity (Wildman–Crippen MR) is 80.1 cm³/mol. The lowest BCUT2D eigenvalue weighted by molar-refractivity contribution is -0.134. The smallest absolute Gasteiger partial charge is 0.226 e. The number of aromatic nitrogens is 3. The second-order valence-electron chi connectivity index (χ2n) is 5.97. The quantitative estimate of drug-likeness (QED) is 0.853. The third kappa shape index (κ3) is 2.18. The molecule has 4 rings (SSSR count). The molecule has 110 valence electrons. The monoisotopic (exact) mass is 302 g/mol. The topological polar surface area (TPSA) is 51.0 Å². The van der Waals surface area contributed by atoms with E-state index in [9.17, 15) is 4.79 Å². The lowest BCUT2D eigenvalue weighted by Gasteiger charge is -2.27. The molecule has 2 atom stereocenters. The number of hydrogen-bond acceptors (Lipinski definition) is 4. The Morgan fingerprint density at radius 2 is 2.14 bits per heavy atom. The van der Waals surface area contributed by atoms with Crippen molar-refractivity contribution in [1.29, 1.82) is 0 Å². The van der Waals surface area contributed by atoms with Gasteiger partial charge >= 0.3 is 0 Å². The predicted octanol–water partition coefficient (Wildman–Crippen LogP) is 2.10. The molecule has 0 N–H and O–H groups in total. The molecule has 0 unspecified atom stereocenters. The van der Waals surface area contributed by atoms with E-state index in [1.54, 1.807) is 0 Å². The van der Waals surface area contributed by atoms with Gasteiger partial charge in [0.2, 0.25) is 5.91 Å². The molecule has 3 heterocycles. The molecule has 0 spiro atoms. The molecule has 21 heavy (non-hydrogen) atoms. The summed E-state index contributed by atoms with van der Waals surface area (Å²) in [5.41, 5.74) is 0. The van der Waals surface area contributed by atoms with Gasteiger partial charge in [-0.2, -0.15) is 0 Å². The molecule has 2 aromatic heterocycles. The van der Waals surface area contributed by atoms with Crippen LogP contribution in [0.4, 0.5) is 0 Å². The summed E-state index contributed by atoms with van der Waals surface area (Å²) in [5, 5.41) is 8.26. The molecule has 1 aliphatic carbocycles. The minimum Gasteiger partial charge on any atom is -0.333 e. The Morgan fingerprint density at radius 1 is 1.29 bits per heavy atom. The van der Waals surface area contributed by atoms with Gasteiger partial charge in [-0.1, -0.05) is 0 Å². The first-order valence-electron chi connectivity index (χ1n) is 7.37. The summed E-state index contributed by atoms with van der Waals surface area (Å²) in [5.74, 6) is 2.76. The van der Waals surface area contributed by atoms with Crippen LogP contribution in [-0.4, -0.2) is 32.1 Å². The standard InChI is InChI=1S/C15H18N4OS/c1-9-3-4-13(21-9)11-7-12(11)15(20)18-5-6-19-10(2)16-17-14(19)8-18/h3-4,11-12H,5-8H2,1-2H3/t11-,12+/m0/s1. The molecule has 2 aromatic rings. The Balaban J connectivity index is 1.45. The SMILES string of the molecule is Cc1ccc([C@H]2C[C@H]2C(=O)N2CCn3c(C)nnc3C2)s1. The maximum atomic E-state index is 12.6. The Bertz CT molecular complexity index is 704. The largest absolute Gasteiger partial charge is 0.333 e. The third-order valence-corrected chi connectivity index (χ3v) is 5.62. The molecular weight excluding hydrogens is 284 g/mol. The van der Waals surface area contributed by atoms with Crippen molar-refractivity contribution >= 4 is 17.2 Å². The van der Waals surface area contributed by atoms with Crippen molar-refractivity contribution in [3.05, 3.63) is 33.5 Å². The molecule has 1 saturated carbocycles. The van der Waals surface area contributed by atoms with Gasteiger partial charge in [0.15, 0.2) is 5.82 Å². The maximum absolute atomic E-state index is 12.6. The van der Waals surface area contributed by atoms with Crippen LogP contribution in [0.25, 0.3) is 0 Å². The Kier molecular flexibility index (Phi) is 2.89. The number of nitrogens with zero attached hydrogens (tertiary/aromatic N) is 4. The number of carbonyl (C=O) groups excluding carboxylic acids is 1. The van der Waals surface area contributed by atoms with Gasteiger partial charge in [-0.25, -0.2) is 0 Å². The van der Waals surface area contributed by atoms with Crippen molar-refractivity contribution in [3.8, 4) is 0 Å². The van der Waals surface area contributed by atoms with E-state index in [4.69, 9.17) is 0 Å². The molecule has 6 heteroatoms. The molecule has 1 amide bonds. The van der Waals surface area contributed by atoms with E-state index in [0.717, 1.165) is 31.2 Å². The number of thiophene rings is 1. The van der Waals surface area contributed by atoms with Crippen LogP contribution in [0.1, 0.15) is 33.7 Å². The van der Waals surface area contributed by atoms with E-state index in [1.807, 2.05) is 23.2 Å². The number of fused-ring (bicyclic) bond motifs is 1. The second kappa shape index (κ2) is 4.66. The molecule has 5 nitrogen and oxygen atoms in total. The van der Waals surface area contributed by atoms with Crippen molar-refractivity contribution in [2.24, 2.45) is 5.92 Å². The average Bonchev–Trinajstić information content (AvgIpc) is 3.04. The lowest BCUT2D eigenvalue weighted by atomic mass is 10.2. The van der Waals surface area contributed by atoms with Gasteiger partial charge in [0.25, 0.3) is 0 Å². The van der Waals surface area contributed by atoms with Crippen molar-refractivity contribution in [3.63, 3.8) is 0 Å². The second-order valence-corrected chi connectivity index (χ2v) is 7.29. The minimum atomic E-state index is 0.179. The molecule has 0 bridgehead atoms. The summed E-state index contributed by atoms with van der Waals surface area (Å²) in [7, 11) is 0. The highest BCUT2D eigenvalue weighted by atomic mass is 32.1. The zero-order valence-corrected chi connectivity index (χ0v) is 13.1. The van der Waals surface area contributed by atoms with E-state index < -0.39 is 0 Å². The van der Waals surface area contributed by atoms with Crippen LogP contribution < -0.4 is 0 Å². The lowest BCUT2D eigenvalue weighted by Crippen LogP contribution is -2.39. The van der Waals surface area contributed by atoms with Gasteiger partial charge in [0.05, 0.1) is 6.54 Å². The fourth-order valence-corrected chi connectivity index (χ4v) is 4.22. The summed E-state index contributed by atoms with van der Waals surface area (Å²) >= 11 is 1.82.